The fourth-order valence-corrected chi connectivity index (χ4v) is 1.75. The lowest BCUT2D eigenvalue weighted by Gasteiger charge is -2.14. The number of aromatic nitrogens is 2. The number of H-pyrrole nitrogens is 1. The number of hydrogen-bond donors (Lipinski definition) is 3. The minimum absolute atomic E-state index is 0.0975. The number of nitrogens with zero attached hydrogens (tertiary/aromatic N) is 1. The SMILES string of the molecule is CCn1c(N)c(NCC(C)S(C)=O)c(=O)[nH]c1=O. The first-order chi connectivity index (χ1) is 8.38. The van der Waals surface area contributed by atoms with Gasteiger partial charge in [-0.25, -0.2) is 4.79 Å². The van der Waals surface area contributed by atoms with Gasteiger partial charge in [-0.3, -0.25) is 18.6 Å². The van der Waals surface area contributed by atoms with Crippen LogP contribution in [0.1, 0.15) is 13.8 Å². The van der Waals surface area contributed by atoms with Crippen molar-refractivity contribution in [1.29, 1.82) is 0 Å². The molecule has 2 atom stereocenters. The lowest BCUT2D eigenvalue weighted by atomic mass is 10.4. The van der Waals surface area contributed by atoms with Crippen LogP contribution in [0.5, 0.6) is 0 Å². The zero-order chi connectivity index (χ0) is 13.9. The van der Waals surface area contributed by atoms with Crippen LogP contribution in [0.15, 0.2) is 9.59 Å². The molecule has 1 aromatic rings. The quantitative estimate of drug-likeness (QED) is 0.659. The fourth-order valence-electron chi connectivity index (χ4n) is 1.44. The smallest absolute Gasteiger partial charge is 0.330 e. The molecule has 2 unspecified atom stereocenters. The Labute approximate surface area is 107 Å². The molecule has 102 valence electrons. The summed E-state index contributed by atoms with van der Waals surface area (Å²) in [6.07, 6.45) is 1.59. The first-order valence-corrected chi connectivity index (χ1v) is 7.19. The Morgan fingerprint density at radius 1 is 1.50 bits per heavy atom. The van der Waals surface area contributed by atoms with E-state index in [2.05, 4.69) is 10.3 Å². The third-order valence-corrected chi connectivity index (χ3v) is 3.99. The molecule has 1 rings (SSSR count). The monoisotopic (exact) mass is 274 g/mol. The van der Waals surface area contributed by atoms with Crippen LogP contribution in [0.25, 0.3) is 0 Å². The van der Waals surface area contributed by atoms with E-state index in [0.29, 0.717) is 13.1 Å². The summed E-state index contributed by atoms with van der Waals surface area (Å²) < 4.78 is 12.5. The van der Waals surface area contributed by atoms with E-state index in [-0.39, 0.29) is 16.8 Å². The van der Waals surface area contributed by atoms with Crippen molar-refractivity contribution in [2.45, 2.75) is 25.6 Å². The predicted molar refractivity (Wildman–Crippen MR) is 73.4 cm³/mol. The molecule has 0 aromatic carbocycles. The summed E-state index contributed by atoms with van der Waals surface area (Å²) in [7, 11) is -0.993. The number of rotatable bonds is 5. The Morgan fingerprint density at radius 3 is 2.61 bits per heavy atom. The summed E-state index contributed by atoms with van der Waals surface area (Å²) in [6, 6.07) is 0. The number of anilines is 2. The highest BCUT2D eigenvalue weighted by Gasteiger charge is 2.13. The first kappa shape index (κ1) is 14.5. The van der Waals surface area contributed by atoms with Crippen LogP contribution in [0.4, 0.5) is 11.5 Å². The number of nitrogens with one attached hydrogen (secondary N) is 2. The summed E-state index contributed by atoms with van der Waals surface area (Å²) in [5.41, 5.74) is 4.82. The van der Waals surface area contributed by atoms with Crippen molar-refractivity contribution in [3.05, 3.63) is 20.8 Å². The van der Waals surface area contributed by atoms with E-state index in [4.69, 9.17) is 5.73 Å². The van der Waals surface area contributed by atoms with Gasteiger partial charge in [-0.2, -0.15) is 0 Å². The highest BCUT2D eigenvalue weighted by Crippen LogP contribution is 2.10. The summed E-state index contributed by atoms with van der Waals surface area (Å²) in [5.74, 6) is 0.0975. The standard InChI is InChI=1S/C10H18N4O3S/c1-4-14-8(11)7(9(15)13-10(14)16)12-5-6(2)18(3)17/h6,12H,4-5,11H2,1-3H3,(H,13,15,16). The van der Waals surface area contributed by atoms with Crippen LogP contribution in [0.2, 0.25) is 0 Å². The fraction of sp³-hybridized carbons (Fsp3) is 0.600. The Hall–Kier alpha value is -1.57. The van der Waals surface area contributed by atoms with Gasteiger partial charge in [0.1, 0.15) is 11.5 Å². The second kappa shape index (κ2) is 5.85. The third-order valence-electron chi connectivity index (χ3n) is 2.69. The van der Waals surface area contributed by atoms with Gasteiger partial charge in [0.05, 0.1) is 0 Å². The van der Waals surface area contributed by atoms with E-state index in [1.54, 1.807) is 20.1 Å². The summed E-state index contributed by atoms with van der Waals surface area (Å²) in [6.45, 7) is 4.26. The lowest BCUT2D eigenvalue weighted by molar-refractivity contribution is 0.678. The molecule has 0 bridgehead atoms. The second-order valence-corrected chi connectivity index (χ2v) is 5.76. The van der Waals surface area contributed by atoms with Crippen molar-refractivity contribution in [2.75, 3.05) is 23.9 Å². The van der Waals surface area contributed by atoms with Gasteiger partial charge >= 0.3 is 5.69 Å². The molecular weight excluding hydrogens is 256 g/mol. The van der Waals surface area contributed by atoms with Gasteiger partial charge < -0.3 is 11.1 Å². The van der Waals surface area contributed by atoms with E-state index in [0.717, 1.165) is 0 Å². The van der Waals surface area contributed by atoms with E-state index in [9.17, 15) is 13.8 Å². The molecule has 0 aliphatic rings. The van der Waals surface area contributed by atoms with Crippen molar-refractivity contribution in [3.63, 3.8) is 0 Å². The molecule has 0 aliphatic heterocycles. The minimum Gasteiger partial charge on any atom is -0.383 e. The highest BCUT2D eigenvalue weighted by molar-refractivity contribution is 7.84. The molecule has 18 heavy (non-hydrogen) atoms. The number of nitrogen functional groups attached to an aromatic ring is 1. The van der Waals surface area contributed by atoms with Gasteiger partial charge in [0.2, 0.25) is 0 Å². The molecule has 1 heterocycles. The van der Waals surface area contributed by atoms with Crippen LogP contribution in [0, 0.1) is 0 Å². The number of hydrogen-bond acceptors (Lipinski definition) is 5. The largest absolute Gasteiger partial charge is 0.383 e. The van der Waals surface area contributed by atoms with E-state index < -0.39 is 22.0 Å². The molecule has 8 heteroatoms. The Kier molecular flexibility index (Phi) is 4.71. The molecule has 7 nitrogen and oxygen atoms in total. The van der Waals surface area contributed by atoms with Crippen molar-refractivity contribution >= 4 is 22.3 Å². The zero-order valence-corrected chi connectivity index (χ0v) is 11.5. The maximum absolute atomic E-state index is 11.6. The van der Waals surface area contributed by atoms with Gasteiger partial charge in [0.15, 0.2) is 0 Å². The predicted octanol–water partition coefficient (Wildman–Crippen LogP) is -0.682. The van der Waals surface area contributed by atoms with Gasteiger partial charge in [-0.1, -0.05) is 0 Å². The Morgan fingerprint density at radius 2 is 2.11 bits per heavy atom. The van der Waals surface area contributed by atoms with E-state index >= 15 is 0 Å². The summed E-state index contributed by atoms with van der Waals surface area (Å²) in [4.78, 5) is 25.3. The third kappa shape index (κ3) is 3.00. The summed E-state index contributed by atoms with van der Waals surface area (Å²) in [5, 5.41) is 2.72. The second-order valence-electron chi connectivity index (χ2n) is 3.95. The first-order valence-electron chi connectivity index (χ1n) is 5.57. The normalized spacial score (nSPS) is 14.2. The molecule has 0 amide bonds. The van der Waals surface area contributed by atoms with Crippen LogP contribution < -0.4 is 22.3 Å². The molecular formula is C10H18N4O3S. The van der Waals surface area contributed by atoms with Crippen LogP contribution in [-0.2, 0) is 17.3 Å². The van der Waals surface area contributed by atoms with Crippen molar-refractivity contribution in [3.8, 4) is 0 Å². The molecule has 1 aromatic heterocycles. The van der Waals surface area contributed by atoms with Gasteiger partial charge in [-0.05, 0) is 13.8 Å². The average Bonchev–Trinajstić information content (AvgIpc) is 2.28. The van der Waals surface area contributed by atoms with E-state index in [1.807, 2.05) is 0 Å². The molecule has 4 N–H and O–H groups in total. The molecule has 0 saturated carbocycles. The van der Waals surface area contributed by atoms with E-state index in [1.165, 1.54) is 4.57 Å². The van der Waals surface area contributed by atoms with Crippen LogP contribution in [-0.4, -0.2) is 31.8 Å². The van der Waals surface area contributed by atoms with Crippen molar-refractivity contribution in [2.24, 2.45) is 0 Å². The van der Waals surface area contributed by atoms with Crippen LogP contribution >= 0.6 is 0 Å². The van der Waals surface area contributed by atoms with Crippen molar-refractivity contribution < 1.29 is 4.21 Å². The lowest BCUT2D eigenvalue weighted by Crippen LogP contribution is -2.35. The van der Waals surface area contributed by atoms with Gasteiger partial charge in [0, 0.05) is 35.4 Å². The molecule has 0 radical (unpaired) electrons. The average molecular weight is 274 g/mol. The van der Waals surface area contributed by atoms with Gasteiger partial charge in [-0.15, -0.1) is 0 Å². The number of nitrogens with two attached hydrogens (primary N) is 1. The molecule has 0 fully saturated rings. The van der Waals surface area contributed by atoms with Crippen molar-refractivity contribution in [1.82, 2.24) is 9.55 Å². The maximum atomic E-state index is 11.6. The van der Waals surface area contributed by atoms with Gasteiger partial charge in [0.25, 0.3) is 5.56 Å². The number of aromatic amines is 1. The molecule has 0 saturated heterocycles. The minimum atomic E-state index is -0.993. The zero-order valence-electron chi connectivity index (χ0n) is 10.6. The summed E-state index contributed by atoms with van der Waals surface area (Å²) >= 11 is 0. The molecule has 0 spiro atoms. The maximum Gasteiger partial charge on any atom is 0.330 e. The highest BCUT2D eigenvalue weighted by atomic mass is 32.2. The molecule has 0 aliphatic carbocycles. The Bertz CT molecular complexity index is 563. The topological polar surface area (TPSA) is 110 Å². The Balaban J connectivity index is 3.07. The van der Waals surface area contributed by atoms with Crippen LogP contribution in [0.3, 0.4) is 0 Å².